The first-order chi connectivity index (χ1) is 11.7. The smallest absolute Gasteiger partial charge is 0.151 e. The van der Waals surface area contributed by atoms with Crippen LogP contribution >= 0.6 is 0 Å². The van der Waals surface area contributed by atoms with Crippen molar-refractivity contribution in [3.8, 4) is 11.8 Å². The Bertz CT molecular complexity index is 943. The van der Waals surface area contributed by atoms with Crippen LogP contribution in [-0.4, -0.2) is 16.2 Å². The second-order valence-corrected chi connectivity index (χ2v) is 5.32. The fourth-order valence-electron chi connectivity index (χ4n) is 2.52. The summed E-state index contributed by atoms with van der Waals surface area (Å²) in [6.07, 6.45) is 3.53. The molecule has 118 valence electrons. The van der Waals surface area contributed by atoms with E-state index in [0.29, 0.717) is 18.0 Å². The van der Waals surface area contributed by atoms with Gasteiger partial charge in [-0.3, -0.25) is 0 Å². The number of aryl methyl sites for hydroxylation is 1. The molecule has 0 amide bonds. The maximum absolute atomic E-state index is 9.55. The first-order valence-corrected chi connectivity index (χ1v) is 7.60. The van der Waals surface area contributed by atoms with Crippen molar-refractivity contribution in [2.45, 2.75) is 0 Å². The second kappa shape index (κ2) is 6.84. The quantitative estimate of drug-likeness (QED) is 0.523. The van der Waals surface area contributed by atoms with E-state index in [2.05, 4.69) is 17.6 Å². The summed E-state index contributed by atoms with van der Waals surface area (Å²) in [6.45, 7) is 4.09. The molecule has 2 aromatic carbocycles. The third kappa shape index (κ3) is 3.06. The van der Waals surface area contributed by atoms with E-state index in [1.165, 1.54) is 0 Å². The molecule has 0 bridgehead atoms. The summed E-state index contributed by atoms with van der Waals surface area (Å²) in [4.78, 5) is 4.57. The van der Waals surface area contributed by atoms with Gasteiger partial charge in [0.25, 0.3) is 0 Å². The van der Waals surface area contributed by atoms with Crippen molar-refractivity contribution in [2.24, 2.45) is 7.05 Å². The molecule has 1 aromatic heterocycles. The zero-order valence-electron chi connectivity index (χ0n) is 13.4. The SMILES string of the molecule is C=CCOc1ccc(C=C(C#N)c2nc3ccccc3n2C)cc1. The summed E-state index contributed by atoms with van der Waals surface area (Å²) in [5.41, 5.74) is 3.32. The number of ether oxygens (including phenoxy) is 1. The molecule has 0 saturated heterocycles. The highest BCUT2D eigenvalue weighted by atomic mass is 16.5. The molecule has 1 heterocycles. The van der Waals surface area contributed by atoms with Gasteiger partial charge in [0.05, 0.1) is 16.6 Å². The second-order valence-electron chi connectivity index (χ2n) is 5.32. The minimum atomic E-state index is 0.471. The van der Waals surface area contributed by atoms with E-state index < -0.39 is 0 Å². The number of hydrogen-bond donors (Lipinski definition) is 0. The number of imidazole rings is 1. The molecule has 0 radical (unpaired) electrons. The van der Waals surface area contributed by atoms with Gasteiger partial charge in [-0.1, -0.05) is 36.9 Å². The lowest BCUT2D eigenvalue weighted by Crippen LogP contribution is -1.96. The summed E-state index contributed by atoms with van der Waals surface area (Å²) in [5.74, 6) is 1.43. The van der Waals surface area contributed by atoms with E-state index in [9.17, 15) is 5.26 Å². The number of benzene rings is 2. The Morgan fingerprint density at radius 3 is 2.67 bits per heavy atom. The van der Waals surface area contributed by atoms with E-state index >= 15 is 0 Å². The maximum Gasteiger partial charge on any atom is 0.151 e. The molecule has 4 nitrogen and oxygen atoms in total. The fourth-order valence-corrected chi connectivity index (χ4v) is 2.52. The van der Waals surface area contributed by atoms with Crippen LogP contribution in [0, 0.1) is 11.3 Å². The number of hydrogen-bond acceptors (Lipinski definition) is 3. The predicted molar refractivity (Wildman–Crippen MR) is 96.3 cm³/mol. The van der Waals surface area contributed by atoms with Crippen LogP contribution in [0.25, 0.3) is 22.7 Å². The van der Waals surface area contributed by atoms with Gasteiger partial charge in [0.2, 0.25) is 0 Å². The zero-order chi connectivity index (χ0) is 16.9. The average molecular weight is 315 g/mol. The Morgan fingerprint density at radius 1 is 1.25 bits per heavy atom. The molecular weight excluding hydrogens is 298 g/mol. The zero-order valence-corrected chi connectivity index (χ0v) is 13.4. The molecule has 0 unspecified atom stereocenters. The third-order valence-corrected chi connectivity index (χ3v) is 3.71. The van der Waals surface area contributed by atoms with Gasteiger partial charge in [0.15, 0.2) is 5.82 Å². The van der Waals surface area contributed by atoms with E-state index in [-0.39, 0.29) is 0 Å². The maximum atomic E-state index is 9.55. The molecule has 0 aliphatic heterocycles. The number of fused-ring (bicyclic) bond motifs is 1. The molecule has 24 heavy (non-hydrogen) atoms. The molecular formula is C20H17N3O. The standard InChI is InChI=1S/C20H17N3O/c1-3-12-24-17-10-8-15(9-11-17)13-16(14-21)20-22-18-6-4-5-7-19(18)23(20)2/h3-11,13H,1,12H2,2H3. The molecule has 4 heteroatoms. The van der Waals surface area contributed by atoms with Crippen molar-refractivity contribution in [3.63, 3.8) is 0 Å². The number of allylic oxidation sites excluding steroid dienone is 1. The van der Waals surface area contributed by atoms with Crippen molar-refractivity contribution in [2.75, 3.05) is 6.61 Å². The number of aromatic nitrogens is 2. The molecule has 3 rings (SSSR count). The van der Waals surface area contributed by atoms with E-state index in [4.69, 9.17) is 4.74 Å². The summed E-state index contributed by atoms with van der Waals surface area (Å²) < 4.78 is 7.40. The van der Waals surface area contributed by atoms with Crippen molar-refractivity contribution >= 4 is 22.7 Å². The van der Waals surface area contributed by atoms with Gasteiger partial charge in [0.1, 0.15) is 18.4 Å². The number of rotatable bonds is 5. The molecule has 0 spiro atoms. The van der Waals surface area contributed by atoms with Crippen LogP contribution < -0.4 is 4.74 Å². The highest BCUT2D eigenvalue weighted by Gasteiger charge is 2.11. The van der Waals surface area contributed by atoms with E-state index in [1.54, 1.807) is 6.08 Å². The fraction of sp³-hybridized carbons (Fsp3) is 0.100. The normalized spacial score (nSPS) is 11.2. The van der Waals surface area contributed by atoms with Crippen molar-refractivity contribution in [3.05, 3.63) is 72.6 Å². The lowest BCUT2D eigenvalue weighted by molar-refractivity contribution is 0.363. The Balaban J connectivity index is 1.95. The lowest BCUT2D eigenvalue weighted by Gasteiger charge is -2.04. The molecule has 3 aromatic rings. The molecule has 0 aliphatic carbocycles. The molecule has 0 aliphatic rings. The van der Waals surface area contributed by atoms with Gasteiger partial charge < -0.3 is 9.30 Å². The van der Waals surface area contributed by atoms with Crippen LogP contribution in [0.1, 0.15) is 11.4 Å². The van der Waals surface area contributed by atoms with Gasteiger partial charge >= 0.3 is 0 Å². The van der Waals surface area contributed by atoms with Crippen LogP contribution in [0.4, 0.5) is 0 Å². The largest absolute Gasteiger partial charge is 0.490 e. The van der Waals surface area contributed by atoms with Crippen LogP contribution in [-0.2, 0) is 7.05 Å². The molecule has 0 atom stereocenters. The third-order valence-electron chi connectivity index (χ3n) is 3.71. The topological polar surface area (TPSA) is 50.8 Å². The highest BCUT2D eigenvalue weighted by Crippen LogP contribution is 2.22. The van der Waals surface area contributed by atoms with Gasteiger partial charge in [-0.25, -0.2) is 4.98 Å². The van der Waals surface area contributed by atoms with Crippen LogP contribution in [0.15, 0.2) is 61.2 Å². The first-order valence-electron chi connectivity index (χ1n) is 7.60. The number of nitriles is 1. The van der Waals surface area contributed by atoms with Crippen molar-refractivity contribution < 1.29 is 4.74 Å². The Hall–Kier alpha value is -3.32. The summed E-state index contributed by atoms with van der Waals surface area (Å²) in [7, 11) is 1.92. The van der Waals surface area contributed by atoms with Gasteiger partial charge in [-0.05, 0) is 35.9 Å². The van der Waals surface area contributed by atoms with Gasteiger partial charge in [0, 0.05) is 7.05 Å². The number of para-hydroxylation sites is 2. The minimum absolute atomic E-state index is 0.471. The average Bonchev–Trinajstić information content (AvgIpc) is 2.96. The Labute approximate surface area is 140 Å². The summed E-state index contributed by atoms with van der Waals surface area (Å²) in [5, 5.41) is 9.55. The molecule has 0 saturated carbocycles. The number of nitrogens with zero attached hydrogens (tertiary/aromatic N) is 3. The first kappa shape index (κ1) is 15.6. The summed E-state index contributed by atoms with van der Waals surface area (Å²) >= 11 is 0. The Morgan fingerprint density at radius 2 is 2.00 bits per heavy atom. The van der Waals surface area contributed by atoms with E-state index in [1.807, 2.05) is 66.2 Å². The minimum Gasteiger partial charge on any atom is -0.490 e. The van der Waals surface area contributed by atoms with Crippen LogP contribution in [0.2, 0.25) is 0 Å². The van der Waals surface area contributed by atoms with Gasteiger partial charge in [-0.2, -0.15) is 5.26 Å². The monoisotopic (exact) mass is 315 g/mol. The molecule has 0 N–H and O–H groups in total. The van der Waals surface area contributed by atoms with Crippen LogP contribution in [0.3, 0.4) is 0 Å². The van der Waals surface area contributed by atoms with Gasteiger partial charge in [-0.15, -0.1) is 0 Å². The summed E-state index contributed by atoms with van der Waals surface area (Å²) in [6, 6.07) is 17.7. The lowest BCUT2D eigenvalue weighted by atomic mass is 10.1. The van der Waals surface area contributed by atoms with Crippen LogP contribution in [0.5, 0.6) is 5.75 Å². The predicted octanol–water partition coefficient (Wildman–Crippen LogP) is 4.20. The van der Waals surface area contributed by atoms with Crippen molar-refractivity contribution in [1.29, 1.82) is 5.26 Å². The van der Waals surface area contributed by atoms with Crippen molar-refractivity contribution in [1.82, 2.24) is 9.55 Å². The Kier molecular flexibility index (Phi) is 4.44. The van der Waals surface area contributed by atoms with E-state index in [0.717, 1.165) is 22.3 Å². The molecule has 0 fully saturated rings. The highest BCUT2D eigenvalue weighted by molar-refractivity contribution is 5.90.